The predicted octanol–water partition coefficient (Wildman–Crippen LogP) is 2.09. The van der Waals surface area contributed by atoms with E-state index in [-0.39, 0.29) is 5.92 Å². The summed E-state index contributed by atoms with van der Waals surface area (Å²) in [5, 5.41) is 0. The summed E-state index contributed by atoms with van der Waals surface area (Å²) in [5.74, 6) is 3.34. The van der Waals surface area contributed by atoms with E-state index < -0.39 is 8.07 Å². The summed E-state index contributed by atoms with van der Waals surface area (Å²) in [4.78, 5) is 10.1. The minimum absolute atomic E-state index is 0.235. The first-order valence-electron chi connectivity index (χ1n) is 3.92. The highest BCUT2D eigenvalue weighted by Crippen LogP contribution is 2.00. The average molecular weight is 168 g/mol. The average Bonchev–Trinajstić information content (AvgIpc) is 1.83. The van der Waals surface area contributed by atoms with E-state index >= 15 is 0 Å². The maximum atomic E-state index is 10.1. The highest BCUT2D eigenvalue weighted by atomic mass is 28.3. The van der Waals surface area contributed by atoms with Crippen LogP contribution in [0, 0.1) is 17.4 Å². The van der Waals surface area contributed by atoms with Crippen molar-refractivity contribution >= 4 is 14.4 Å². The molecule has 1 atom stereocenters. The molecule has 0 aromatic rings. The van der Waals surface area contributed by atoms with Crippen molar-refractivity contribution < 1.29 is 4.79 Å². The highest BCUT2D eigenvalue weighted by molar-refractivity contribution is 6.83. The molecule has 2 heteroatoms. The molecule has 62 valence electrons. The maximum Gasteiger partial charge on any atom is 0.129 e. The molecule has 1 nitrogen and oxygen atoms in total. The van der Waals surface area contributed by atoms with Gasteiger partial charge in [-0.2, -0.15) is 0 Å². The van der Waals surface area contributed by atoms with Crippen molar-refractivity contribution in [1.29, 1.82) is 0 Å². The minimum atomic E-state index is -1.23. The molecule has 0 unspecified atom stereocenters. The summed E-state index contributed by atoms with van der Waals surface area (Å²) in [7, 11) is -1.23. The van der Waals surface area contributed by atoms with Crippen LogP contribution >= 0.6 is 0 Å². The normalized spacial score (nSPS) is 13.1. The van der Waals surface area contributed by atoms with Gasteiger partial charge in [0.15, 0.2) is 0 Å². The number of rotatable bonds is 2. The molecule has 0 saturated heterocycles. The molecule has 0 aromatic carbocycles. The van der Waals surface area contributed by atoms with Crippen LogP contribution in [0.4, 0.5) is 0 Å². The van der Waals surface area contributed by atoms with Gasteiger partial charge < -0.3 is 4.79 Å². The van der Waals surface area contributed by atoms with Crippen LogP contribution in [0.15, 0.2) is 0 Å². The Balaban J connectivity index is 3.96. The molecule has 0 aliphatic rings. The van der Waals surface area contributed by atoms with Crippen molar-refractivity contribution in [3.05, 3.63) is 0 Å². The number of hydrogen-bond donors (Lipinski definition) is 0. The van der Waals surface area contributed by atoms with Crippen LogP contribution in [0.25, 0.3) is 0 Å². The zero-order valence-corrected chi connectivity index (χ0v) is 8.77. The van der Waals surface area contributed by atoms with Crippen molar-refractivity contribution in [3.63, 3.8) is 0 Å². The molecule has 0 aromatic heterocycles. The lowest BCUT2D eigenvalue weighted by molar-refractivity contribution is -0.108. The Hall–Kier alpha value is -0.553. The summed E-state index contributed by atoms with van der Waals surface area (Å²) in [5.41, 5.74) is 3.24. The summed E-state index contributed by atoms with van der Waals surface area (Å²) in [6.07, 6.45) is 1.50. The Labute approximate surface area is 70.2 Å². The lowest BCUT2D eigenvalue weighted by Crippen LogP contribution is -2.16. The molecule has 0 aliphatic carbocycles. The van der Waals surface area contributed by atoms with Crippen LogP contribution in [0.2, 0.25) is 19.6 Å². The Morgan fingerprint density at radius 3 is 2.36 bits per heavy atom. The smallest absolute Gasteiger partial charge is 0.129 e. The van der Waals surface area contributed by atoms with E-state index in [0.717, 1.165) is 6.29 Å². The second-order valence-electron chi connectivity index (χ2n) is 3.82. The lowest BCUT2D eigenvalue weighted by Gasteiger charge is -2.04. The van der Waals surface area contributed by atoms with Crippen molar-refractivity contribution in [2.75, 3.05) is 0 Å². The fraction of sp³-hybridized carbons (Fsp3) is 0.667. The third-order valence-corrected chi connectivity index (χ3v) is 2.04. The number of hydrogen-bond acceptors (Lipinski definition) is 1. The summed E-state index contributed by atoms with van der Waals surface area (Å²) in [6, 6.07) is 0. The Bertz CT molecular complexity index is 180. The molecule has 0 N–H and O–H groups in total. The summed E-state index contributed by atoms with van der Waals surface area (Å²) < 4.78 is 0. The molecular formula is C9H16OSi. The van der Waals surface area contributed by atoms with E-state index in [0.29, 0.717) is 6.42 Å². The Morgan fingerprint density at radius 1 is 1.45 bits per heavy atom. The van der Waals surface area contributed by atoms with Gasteiger partial charge in [-0.1, -0.05) is 26.6 Å². The van der Waals surface area contributed by atoms with Crippen molar-refractivity contribution in [2.24, 2.45) is 5.92 Å². The lowest BCUT2D eigenvalue weighted by atomic mass is 10.1. The van der Waals surface area contributed by atoms with Crippen molar-refractivity contribution in [1.82, 2.24) is 0 Å². The largest absolute Gasteiger partial charge is 0.303 e. The molecule has 0 amide bonds. The van der Waals surface area contributed by atoms with Gasteiger partial charge in [-0.25, -0.2) is 0 Å². The van der Waals surface area contributed by atoms with E-state index in [1.54, 1.807) is 0 Å². The van der Waals surface area contributed by atoms with E-state index in [2.05, 4.69) is 31.1 Å². The topological polar surface area (TPSA) is 17.1 Å². The van der Waals surface area contributed by atoms with Gasteiger partial charge in [0, 0.05) is 12.3 Å². The first kappa shape index (κ1) is 10.4. The first-order chi connectivity index (χ1) is 4.95. The van der Waals surface area contributed by atoms with Crippen LogP contribution in [-0.4, -0.2) is 14.4 Å². The van der Waals surface area contributed by atoms with Crippen LogP contribution in [0.3, 0.4) is 0 Å². The van der Waals surface area contributed by atoms with Gasteiger partial charge in [-0.15, -0.1) is 11.5 Å². The monoisotopic (exact) mass is 168 g/mol. The molecule has 0 fully saturated rings. The van der Waals surface area contributed by atoms with E-state index in [4.69, 9.17) is 0 Å². The molecule has 0 radical (unpaired) electrons. The predicted molar refractivity (Wildman–Crippen MR) is 51.0 cm³/mol. The zero-order chi connectivity index (χ0) is 8.91. The van der Waals surface area contributed by atoms with Gasteiger partial charge in [-0.05, 0) is 0 Å². The van der Waals surface area contributed by atoms with Gasteiger partial charge in [0.1, 0.15) is 14.4 Å². The molecule has 0 heterocycles. The maximum absolute atomic E-state index is 10.1. The fourth-order valence-corrected chi connectivity index (χ4v) is 1.22. The summed E-state index contributed by atoms with van der Waals surface area (Å²) >= 11 is 0. The van der Waals surface area contributed by atoms with Gasteiger partial charge in [-0.3, -0.25) is 0 Å². The standard InChI is InChI=1S/C9H16OSi/c1-9(5-7-10)6-8-11(2,3)4/h7,9H,5H2,1-4H3/t9-/m0/s1. The van der Waals surface area contributed by atoms with Gasteiger partial charge in [0.2, 0.25) is 0 Å². The van der Waals surface area contributed by atoms with Crippen molar-refractivity contribution in [3.8, 4) is 11.5 Å². The second kappa shape index (κ2) is 4.35. The SMILES string of the molecule is C[C@H](C#C[Si](C)(C)C)CC=O. The number of carbonyl (C=O) groups is 1. The molecule has 11 heavy (non-hydrogen) atoms. The Kier molecular flexibility index (Phi) is 4.13. The number of aldehydes is 1. The van der Waals surface area contributed by atoms with Crippen LogP contribution < -0.4 is 0 Å². The highest BCUT2D eigenvalue weighted by Gasteiger charge is 2.07. The van der Waals surface area contributed by atoms with Crippen LogP contribution in [-0.2, 0) is 4.79 Å². The molecule has 0 saturated carbocycles. The number of carbonyl (C=O) groups excluding carboxylic acids is 1. The first-order valence-corrected chi connectivity index (χ1v) is 7.42. The van der Waals surface area contributed by atoms with Gasteiger partial charge in [0.25, 0.3) is 0 Å². The van der Waals surface area contributed by atoms with Gasteiger partial charge in [0.05, 0.1) is 0 Å². The summed E-state index contributed by atoms with van der Waals surface area (Å²) in [6.45, 7) is 8.59. The molecule has 0 aliphatic heterocycles. The van der Waals surface area contributed by atoms with Crippen LogP contribution in [0.1, 0.15) is 13.3 Å². The molecular weight excluding hydrogens is 152 g/mol. The van der Waals surface area contributed by atoms with E-state index in [9.17, 15) is 4.79 Å². The second-order valence-corrected chi connectivity index (χ2v) is 8.57. The third-order valence-electron chi connectivity index (χ3n) is 1.14. The van der Waals surface area contributed by atoms with Crippen LogP contribution in [0.5, 0.6) is 0 Å². The van der Waals surface area contributed by atoms with E-state index in [1.807, 2.05) is 6.92 Å². The molecule has 0 spiro atoms. The molecule has 0 rings (SSSR count). The van der Waals surface area contributed by atoms with Crippen molar-refractivity contribution in [2.45, 2.75) is 33.0 Å². The zero-order valence-electron chi connectivity index (χ0n) is 7.77. The Morgan fingerprint density at radius 2 is 2.00 bits per heavy atom. The quantitative estimate of drug-likeness (QED) is 0.350. The molecule has 0 bridgehead atoms. The van der Waals surface area contributed by atoms with E-state index in [1.165, 1.54) is 0 Å². The third kappa shape index (κ3) is 7.34. The van der Waals surface area contributed by atoms with Gasteiger partial charge >= 0.3 is 0 Å². The minimum Gasteiger partial charge on any atom is -0.303 e. The fourth-order valence-electron chi connectivity index (χ4n) is 0.543.